The first-order valence-corrected chi connectivity index (χ1v) is 9.45. The van der Waals surface area contributed by atoms with Gasteiger partial charge < -0.3 is 10.0 Å². The molecule has 0 unspecified atom stereocenters. The predicted molar refractivity (Wildman–Crippen MR) is 106 cm³/mol. The summed E-state index contributed by atoms with van der Waals surface area (Å²) in [4.78, 5) is 7.57. The number of para-hydroxylation sites is 1. The molecule has 2 aliphatic rings. The van der Waals surface area contributed by atoms with E-state index in [0.29, 0.717) is 5.75 Å². The number of hydrogen-bond acceptors (Lipinski definition) is 4. The molecule has 1 spiro atoms. The van der Waals surface area contributed by atoms with Crippen LogP contribution in [0, 0.1) is 6.92 Å². The van der Waals surface area contributed by atoms with E-state index >= 15 is 0 Å². The van der Waals surface area contributed by atoms with Crippen molar-refractivity contribution < 1.29 is 5.11 Å². The largest absolute Gasteiger partial charge is 0.508 e. The van der Waals surface area contributed by atoms with E-state index in [2.05, 4.69) is 48.5 Å². The fourth-order valence-corrected chi connectivity index (χ4v) is 4.05. The number of benzene rings is 2. The van der Waals surface area contributed by atoms with Gasteiger partial charge in [0.25, 0.3) is 0 Å². The number of nitrogens with zero attached hydrogens (tertiary/aromatic N) is 2. The number of phenols is 1. The predicted octanol–water partition coefficient (Wildman–Crippen LogP) is 3.65. The molecule has 2 N–H and O–H groups in total. The van der Waals surface area contributed by atoms with Crippen LogP contribution in [0.15, 0.2) is 53.5 Å². The van der Waals surface area contributed by atoms with Gasteiger partial charge in [-0.05, 0) is 38.4 Å². The van der Waals surface area contributed by atoms with Crippen molar-refractivity contribution in [2.24, 2.45) is 4.99 Å². The van der Waals surface area contributed by atoms with Gasteiger partial charge in [0, 0.05) is 36.8 Å². The first-order chi connectivity index (χ1) is 12.5. The van der Waals surface area contributed by atoms with Crippen molar-refractivity contribution in [3.05, 3.63) is 65.2 Å². The van der Waals surface area contributed by atoms with Gasteiger partial charge in [0.1, 0.15) is 11.4 Å². The molecular formula is C22H27N3O. The number of hydrogen-bond donors (Lipinski definition) is 2. The zero-order chi connectivity index (χ0) is 18.1. The highest BCUT2D eigenvalue weighted by Gasteiger charge is 2.39. The van der Waals surface area contributed by atoms with Gasteiger partial charge in [-0.15, -0.1) is 0 Å². The average Bonchev–Trinajstić information content (AvgIpc) is 2.65. The molecule has 1 saturated heterocycles. The molecule has 0 saturated carbocycles. The van der Waals surface area contributed by atoms with E-state index in [1.807, 2.05) is 18.2 Å². The van der Waals surface area contributed by atoms with Crippen LogP contribution in [0.1, 0.15) is 42.0 Å². The van der Waals surface area contributed by atoms with Crippen molar-refractivity contribution in [1.82, 2.24) is 10.2 Å². The lowest BCUT2D eigenvalue weighted by Gasteiger charge is -2.44. The van der Waals surface area contributed by atoms with E-state index in [4.69, 9.17) is 4.99 Å². The maximum absolute atomic E-state index is 10.4. The van der Waals surface area contributed by atoms with Crippen LogP contribution in [-0.4, -0.2) is 41.5 Å². The Morgan fingerprint density at radius 1 is 1.08 bits per heavy atom. The Morgan fingerprint density at radius 2 is 1.77 bits per heavy atom. The third-order valence-corrected chi connectivity index (χ3v) is 5.70. The second kappa shape index (κ2) is 6.86. The average molecular weight is 349 g/mol. The molecule has 1 fully saturated rings. The Hall–Kier alpha value is -2.17. The van der Waals surface area contributed by atoms with Crippen LogP contribution in [0.25, 0.3) is 0 Å². The van der Waals surface area contributed by atoms with Crippen LogP contribution in [0.5, 0.6) is 5.75 Å². The van der Waals surface area contributed by atoms with Crippen LogP contribution in [0.3, 0.4) is 0 Å². The number of aliphatic imine (C=N–C) groups is 1. The zero-order valence-electron chi connectivity index (χ0n) is 15.6. The maximum atomic E-state index is 10.4. The molecule has 2 aliphatic heterocycles. The van der Waals surface area contributed by atoms with E-state index in [1.54, 1.807) is 6.07 Å². The van der Waals surface area contributed by atoms with Crippen molar-refractivity contribution in [3.8, 4) is 5.75 Å². The molecule has 2 aromatic rings. The number of piperidine rings is 1. The van der Waals surface area contributed by atoms with Gasteiger partial charge in [-0.1, -0.05) is 48.0 Å². The summed E-state index contributed by atoms with van der Waals surface area (Å²) < 4.78 is 0. The van der Waals surface area contributed by atoms with Gasteiger partial charge in [-0.3, -0.25) is 10.3 Å². The molecule has 2 heterocycles. The van der Waals surface area contributed by atoms with Gasteiger partial charge in [-0.25, -0.2) is 0 Å². The van der Waals surface area contributed by atoms with Crippen molar-refractivity contribution in [3.63, 3.8) is 0 Å². The van der Waals surface area contributed by atoms with Crippen LogP contribution in [-0.2, 0) is 0 Å². The number of aryl methyl sites for hydroxylation is 1. The van der Waals surface area contributed by atoms with E-state index < -0.39 is 0 Å². The summed E-state index contributed by atoms with van der Waals surface area (Å²) in [6.45, 7) is 4.17. The first kappa shape index (κ1) is 17.3. The lowest BCUT2D eigenvalue weighted by atomic mass is 9.87. The molecule has 4 nitrogen and oxygen atoms in total. The quantitative estimate of drug-likeness (QED) is 0.870. The van der Waals surface area contributed by atoms with Gasteiger partial charge in [0.15, 0.2) is 0 Å². The summed E-state index contributed by atoms with van der Waals surface area (Å²) in [5, 5.41) is 14.2. The third-order valence-electron chi connectivity index (χ3n) is 5.70. The number of rotatable bonds is 2. The smallest absolute Gasteiger partial charge is 0.120 e. The Morgan fingerprint density at radius 3 is 2.46 bits per heavy atom. The summed E-state index contributed by atoms with van der Waals surface area (Å²) in [5.74, 6) is 0.359. The van der Waals surface area contributed by atoms with Gasteiger partial charge in [-0.2, -0.15) is 0 Å². The van der Waals surface area contributed by atoms with Gasteiger partial charge in [0.2, 0.25) is 0 Å². The molecule has 1 atom stereocenters. The Labute approximate surface area is 155 Å². The van der Waals surface area contributed by atoms with E-state index in [-0.39, 0.29) is 11.7 Å². The molecule has 0 bridgehead atoms. The third kappa shape index (κ3) is 3.39. The van der Waals surface area contributed by atoms with Crippen molar-refractivity contribution in [2.45, 2.75) is 37.9 Å². The molecule has 26 heavy (non-hydrogen) atoms. The van der Waals surface area contributed by atoms with E-state index in [1.165, 1.54) is 11.1 Å². The normalized spacial score (nSPS) is 23.0. The fourth-order valence-electron chi connectivity index (χ4n) is 4.05. The summed E-state index contributed by atoms with van der Waals surface area (Å²) in [5.41, 5.74) is 4.31. The van der Waals surface area contributed by atoms with Crippen LogP contribution in [0.4, 0.5) is 0 Å². The van der Waals surface area contributed by atoms with Crippen LogP contribution >= 0.6 is 0 Å². The SMILES string of the molecule is Cc1ccc(C2=NC3(CCN(C)CC3)N[C@H](c3ccccc3O)C2)cc1. The molecule has 0 aliphatic carbocycles. The Bertz CT molecular complexity index is 804. The Kier molecular flexibility index (Phi) is 4.55. The van der Waals surface area contributed by atoms with E-state index in [0.717, 1.165) is 43.6 Å². The first-order valence-electron chi connectivity index (χ1n) is 9.45. The van der Waals surface area contributed by atoms with Gasteiger partial charge in [0.05, 0.1) is 0 Å². The van der Waals surface area contributed by atoms with Crippen molar-refractivity contribution >= 4 is 5.71 Å². The highest BCUT2D eigenvalue weighted by atomic mass is 16.3. The maximum Gasteiger partial charge on any atom is 0.120 e. The standard InChI is InChI=1S/C22H27N3O/c1-16-7-9-17(10-8-16)19-15-20(18-5-3-4-6-21(18)26)24-22(23-19)11-13-25(2)14-12-22/h3-10,20,24,26H,11-15H2,1-2H3/t20-/m0/s1. The van der Waals surface area contributed by atoms with Crippen molar-refractivity contribution in [2.75, 3.05) is 20.1 Å². The molecule has 0 aromatic heterocycles. The minimum absolute atomic E-state index is 0.0772. The van der Waals surface area contributed by atoms with Crippen molar-refractivity contribution in [1.29, 1.82) is 0 Å². The van der Waals surface area contributed by atoms with E-state index in [9.17, 15) is 5.11 Å². The van der Waals surface area contributed by atoms with Crippen LogP contribution in [0.2, 0.25) is 0 Å². The molecule has 2 aromatic carbocycles. The number of phenolic OH excluding ortho intramolecular Hbond substituents is 1. The Balaban J connectivity index is 1.73. The topological polar surface area (TPSA) is 47.9 Å². The lowest BCUT2D eigenvalue weighted by Crippen LogP contribution is -2.55. The minimum Gasteiger partial charge on any atom is -0.508 e. The number of aromatic hydroxyl groups is 1. The molecule has 0 radical (unpaired) electrons. The summed E-state index contributed by atoms with van der Waals surface area (Å²) >= 11 is 0. The molecule has 4 heteroatoms. The second-order valence-corrected chi connectivity index (χ2v) is 7.72. The minimum atomic E-state index is -0.238. The highest BCUT2D eigenvalue weighted by molar-refractivity contribution is 6.01. The fraction of sp³-hybridized carbons (Fsp3) is 0.409. The zero-order valence-corrected chi connectivity index (χ0v) is 15.6. The summed E-state index contributed by atoms with van der Waals surface area (Å²) in [6, 6.07) is 16.4. The summed E-state index contributed by atoms with van der Waals surface area (Å²) in [6.07, 6.45) is 2.77. The molecule has 0 amide bonds. The lowest BCUT2D eigenvalue weighted by molar-refractivity contribution is 0.144. The summed E-state index contributed by atoms with van der Waals surface area (Å²) in [7, 11) is 2.17. The van der Waals surface area contributed by atoms with Crippen LogP contribution < -0.4 is 5.32 Å². The molecular weight excluding hydrogens is 322 g/mol. The molecule has 4 rings (SSSR count). The van der Waals surface area contributed by atoms with Gasteiger partial charge >= 0.3 is 0 Å². The second-order valence-electron chi connectivity index (χ2n) is 7.72. The monoisotopic (exact) mass is 349 g/mol. The number of likely N-dealkylation sites (tertiary alicyclic amines) is 1. The molecule has 136 valence electrons. The highest BCUT2D eigenvalue weighted by Crippen LogP contribution is 2.37. The number of nitrogens with one attached hydrogen (secondary N) is 1.